The van der Waals surface area contributed by atoms with E-state index in [1.165, 1.54) is 12.1 Å². The molecule has 114 valence electrons. The summed E-state index contributed by atoms with van der Waals surface area (Å²) in [5.74, 6) is 0.630. The second kappa shape index (κ2) is 6.81. The van der Waals surface area contributed by atoms with Crippen LogP contribution in [0.1, 0.15) is 22.9 Å². The molecule has 1 unspecified atom stereocenters. The van der Waals surface area contributed by atoms with Gasteiger partial charge in [-0.25, -0.2) is 4.98 Å². The lowest BCUT2D eigenvalue weighted by molar-refractivity contribution is -0.137. The second-order valence-corrected chi connectivity index (χ2v) is 6.66. The maximum atomic E-state index is 12.8. The van der Waals surface area contributed by atoms with Crippen LogP contribution in [-0.4, -0.2) is 17.8 Å². The molecular weight excluding hydrogens is 317 g/mol. The number of alkyl halides is 3. The van der Waals surface area contributed by atoms with Crippen LogP contribution >= 0.6 is 23.1 Å². The first-order valence-corrected chi connectivity index (χ1v) is 8.16. The van der Waals surface area contributed by atoms with Crippen molar-refractivity contribution in [1.82, 2.24) is 10.3 Å². The summed E-state index contributed by atoms with van der Waals surface area (Å²) < 4.78 is 39.2. The van der Waals surface area contributed by atoms with Gasteiger partial charge in [0.1, 0.15) is 4.34 Å². The predicted octanol–water partition coefficient (Wildman–Crippen LogP) is 4.52. The third-order valence-corrected chi connectivity index (χ3v) is 5.17. The third kappa shape index (κ3) is 4.46. The van der Waals surface area contributed by atoms with Gasteiger partial charge in [0.25, 0.3) is 0 Å². The Bertz CT molecular complexity index is 596. The summed E-state index contributed by atoms with van der Waals surface area (Å²) in [4.78, 5) is 4.34. The number of hydrogen-bond acceptors (Lipinski definition) is 4. The van der Waals surface area contributed by atoms with Crippen molar-refractivity contribution in [3.05, 3.63) is 46.5 Å². The first-order chi connectivity index (χ1) is 9.90. The van der Waals surface area contributed by atoms with Crippen molar-refractivity contribution in [3.8, 4) is 0 Å². The van der Waals surface area contributed by atoms with E-state index < -0.39 is 11.7 Å². The van der Waals surface area contributed by atoms with Gasteiger partial charge in [-0.2, -0.15) is 13.2 Å². The Morgan fingerprint density at radius 2 is 2.14 bits per heavy atom. The number of thioether (sulfide) groups is 1. The summed E-state index contributed by atoms with van der Waals surface area (Å²) >= 11 is 3.09. The van der Waals surface area contributed by atoms with Crippen molar-refractivity contribution < 1.29 is 13.2 Å². The number of rotatable bonds is 5. The number of nitrogens with one attached hydrogen (secondary N) is 1. The van der Waals surface area contributed by atoms with Crippen LogP contribution in [0, 0.1) is 6.92 Å². The lowest BCUT2D eigenvalue weighted by Crippen LogP contribution is -2.19. The van der Waals surface area contributed by atoms with E-state index in [1.807, 2.05) is 12.3 Å². The van der Waals surface area contributed by atoms with Crippen LogP contribution in [0.15, 0.2) is 34.0 Å². The SMILES string of the molecule is CNC(CSc1nc(C)cs1)c1cccc(C(F)(F)F)c1. The summed E-state index contributed by atoms with van der Waals surface area (Å²) in [6, 6.07) is 5.30. The molecule has 1 aromatic carbocycles. The molecule has 2 rings (SSSR count). The van der Waals surface area contributed by atoms with Crippen LogP contribution in [0.3, 0.4) is 0 Å². The van der Waals surface area contributed by atoms with E-state index in [4.69, 9.17) is 0 Å². The van der Waals surface area contributed by atoms with Gasteiger partial charge < -0.3 is 5.32 Å². The zero-order valence-corrected chi connectivity index (χ0v) is 13.2. The number of benzene rings is 1. The second-order valence-electron chi connectivity index (χ2n) is 4.53. The topological polar surface area (TPSA) is 24.9 Å². The standard InChI is InChI=1S/C14H15F3N2S2/c1-9-7-20-13(19-9)21-8-12(18-2)10-4-3-5-11(6-10)14(15,16)17/h3-7,12,18H,8H2,1-2H3. The van der Waals surface area contributed by atoms with E-state index in [9.17, 15) is 13.2 Å². The van der Waals surface area contributed by atoms with Gasteiger partial charge in [-0.3, -0.25) is 0 Å². The Morgan fingerprint density at radius 1 is 1.38 bits per heavy atom. The first kappa shape index (κ1) is 16.3. The predicted molar refractivity (Wildman–Crippen MR) is 80.8 cm³/mol. The quantitative estimate of drug-likeness (QED) is 0.815. The molecule has 0 aliphatic heterocycles. The highest BCUT2D eigenvalue weighted by molar-refractivity contribution is 8.01. The van der Waals surface area contributed by atoms with Gasteiger partial charge in [-0.15, -0.1) is 11.3 Å². The van der Waals surface area contributed by atoms with Crippen LogP contribution in [0.2, 0.25) is 0 Å². The Balaban J connectivity index is 2.10. The molecule has 1 N–H and O–H groups in total. The highest BCUT2D eigenvalue weighted by Crippen LogP contribution is 2.32. The minimum absolute atomic E-state index is 0.151. The fourth-order valence-electron chi connectivity index (χ4n) is 1.83. The average Bonchev–Trinajstić information content (AvgIpc) is 2.85. The van der Waals surface area contributed by atoms with Gasteiger partial charge >= 0.3 is 6.18 Å². The number of nitrogens with zero attached hydrogens (tertiary/aromatic N) is 1. The Kier molecular flexibility index (Phi) is 5.29. The van der Waals surface area contributed by atoms with Crippen LogP contribution in [0.4, 0.5) is 13.2 Å². The maximum Gasteiger partial charge on any atom is 0.416 e. The summed E-state index contributed by atoms with van der Waals surface area (Å²) in [5.41, 5.74) is 0.978. The molecule has 0 saturated heterocycles. The molecule has 2 aromatic rings. The number of thiazole rings is 1. The van der Waals surface area contributed by atoms with Gasteiger partial charge in [-0.1, -0.05) is 23.9 Å². The smallest absolute Gasteiger partial charge is 0.312 e. The van der Waals surface area contributed by atoms with Crippen molar-refractivity contribution >= 4 is 23.1 Å². The normalized spacial score (nSPS) is 13.4. The number of aryl methyl sites for hydroxylation is 1. The molecule has 0 spiro atoms. The molecule has 0 radical (unpaired) electrons. The van der Waals surface area contributed by atoms with Crippen molar-refractivity contribution in [3.63, 3.8) is 0 Å². The summed E-state index contributed by atoms with van der Waals surface area (Å²) in [6.45, 7) is 1.92. The molecule has 21 heavy (non-hydrogen) atoms. The average molecular weight is 332 g/mol. The van der Waals surface area contributed by atoms with E-state index in [1.54, 1.807) is 36.2 Å². The first-order valence-electron chi connectivity index (χ1n) is 6.29. The molecule has 1 aromatic heterocycles. The Hall–Kier alpha value is -1.05. The molecular formula is C14H15F3N2S2. The lowest BCUT2D eigenvalue weighted by atomic mass is 10.1. The molecule has 1 heterocycles. The third-order valence-electron chi connectivity index (χ3n) is 2.94. The number of hydrogen-bond donors (Lipinski definition) is 1. The van der Waals surface area contributed by atoms with E-state index >= 15 is 0 Å². The molecule has 0 saturated carbocycles. The Labute approximate surface area is 129 Å². The maximum absolute atomic E-state index is 12.8. The number of aromatic nitrogens is 1. The number of halogens is 3. The van der Waals surface area contributed by atoms with E-state index in [-0.39, 0.29) is 6.04 Å². The van der Waals surface area contributed by atoms with Crippen molar-refractivity contribution in [2.45, 2.75) is 23.5 Å². The summed E-state index contributed by atoms with van der Waals surface area (Å²) in [5, 5.41) is 5.02. The fraction of sp³-hybridized carbons (Fsp3) is 0.357. The van der Waals surface area contributed by atoms with Gasteiger partial charge in [-0.05, 0) is 31.7 Å². The molecule has 0 aliphatic carbocycles. The van der Waals surface area contributed by atoms with Crippen LogP contribution < -0.4 is 5.32 Å². The minimum atomic E-state index is -4.31. The molecule has 0 fully saturated rings. The molecule has 1 atom stereocenters. The zero-order valence-electron chi connectivity index (χ0n) is 11.6. The van der Waals surface area contributed by atoms with E-state index in [0.717, 1.165) is 16.1 Å². The van der Waals surface area contributed by atoms with E-state index in [2.05, 4.69) is 10.3 Å². The Morgan fingerprint density at radius 3 is 2.71 bits per heavy atom. The van der Waals surface area contributed by atoms with Crippen molar-refractivity contribution in [1.29, 1.82) is 0 Å². The molecule has 0 bridgehead atoms. The van der Waals surface area contributed by atoms with Crippen LogP contribution in [0.5, 0.6) is 0 Å². The van der Waals surface area contributed by atoms with Gasteiger partial charge in [0.15, 0.2) is 0 Å². The van der Waals surface area contributed by atoms with Gasteiger partial charge in [0, 0.05) is 22.9 Å². The van der Waals surface area contributed by atoms with Gasteiger partial charge in [0.2, 0.25) is 0 Å². The lowest BCUT2D eigenvalue weighted by Gasteiger charge is -2.17. The van der Waals surface area contributed by atoms with Crippen molar-refractivity contribution in [2.75, 3.05) is 12.8 Å². The largest absolute Gasteiger partial charge is 0.416 e. The highest BCUT2D eigenvalue weighted by atomic mass is 32.2. The van der Waals surface area contributed by atoms with E-state index in [0.29, 0.717) is 11.3 Å². The van der Waals surface area contributed by atoms with Gasteiger partial charge in [0.05, 0.1) is 5.56 Å². The minimum Gasteiger partial charge on any atom is -0.312 e. The highest BCUT2D eigenvalue weighted by Gasteiger charge is 2.30. The summed E-state index contributed by atoms with van der Waals surface area (Å²) in [7, 11) is 1.75. The van der Waals surface area contributed by atoms with Crippen LogP contribution in [0.25, 0.3) is 0 Å². The molecule has 0 aliphatic rings. The van der Waals surface area contributed by atoms with Crippen molar-refractivity contribution in [2.24, 2.45) is 0 Å². The fourth-order valence-corrected chi connectivity index (χ4v) is 3.85. The molecule has 2 nitrogen and oxygen atoms in total. The molecule has 7 heteroatoms. The zero-order chi connectivity index (χ0) is 15.5. The monoisotopic (exact) mass is 332 g/mol. The van der Waals surface area contributed by atoms with Crippen LogP contribution in [-0.2, 0) is 6.18 Å². The molecule has 0 amide bonds. The summed E-state index contributed by atoms with van der Waals surface area (Å²) in [6.07, 6.45) is -4.31.